The average molecular weight is 284 g/mol. The van der Waals surface area contributed by atoms with Crippen LogP contribution in [0.1, 0.15) is 31.5 Å². The Balaban J connectivity index is 1.72. The lowest BCUT2D eigenvalue weighted by Gasteiger charge is -2.04. The van der Waals surface area contributed by atoms with Crippen LogP contribution in [0.4, 0.5) is 13.2 Å². The summed E-state index contributed by atoms with van der Waals surface area (Å²) in [5.74, 6) is -0.811. The SMILES string of the molecule is O=C(CCCCCc1nc2ccccc2[nH]1)C(F)(F)F. The number of imidazole rings is 1. The van der Waals surface area contributed by atoms with Crippen molar-refractivity contribution >= 4 is 16.8 Å². The molecule has 0 aliphatic rings. The number of halogens is 3. The Hall–Kier alpha value is -1.85. The fourth-order valence-electron chi connectivity index (χ4n) is 2.02. The molecule has 1 N–H and O–H groups in total. The Kier molecular flexibility index (Phi) is 4.42. The largest absolute Gasteiger partial charge is 0.449 e. The molecule has 2 rings (SSSR count). The lowest BCUT2D eigenvalue weighted by atomic mass is 10.1. The molecule has 2 aromatic rings. The highest BCUT2D eigenvalue weighted by molar-refractivity contribution is 5.83. The lowest BCUT2D eigenvalue weighted by molar-refractivity contribution is -0.171. The van der Waals surface area contributed by atoms with Crippen LogP contribution in [-0.2, 0) is 11.2 Å². The maximum Gasteiger partial charge on any atom is 0.449 e. The van der Waals surface area contributed by atoms with E-state index in [-0.39, 0.29) is 6.42 Å². The van der Waals surface area contributed by atoms with Crippen LogP contribution in [0.5, 0.6) is 0 Å². The van der Waals surface area contributed by atoms with Crippen molar-refractivity contribution in [3.63, 3.8) is 0 Å². The number of alkyl halides is 3. The summed E-state index contributed by atoms with van der Waals surface area (Å²) in [5, 5.41) is 0. The van der Waals surface area contributed by atoms with Gasteiger partial charge in [0.2, 0.25) is 5.78 Å². The van der Waals surface area contributed by atoms with Crippen LogP contribution in [0.15, 0.2) is 24.3 Å². The maximum atomic E-state index is 12.0. The normalized spacial score (nSPS) is 11.9. The van der Waals surface area contributed by atoms with Gasteiger partial charge in [-0.05, 0) is 25.0 Å². The molecule has 0 unspecified atom stereocenters. The molecule has 0 saturated heterocycles. The molecule has 0 spiro atoms. The molecule has 3 nitrogen and oxygen atoms in total. The fourth-order valence-corrected chi connectivity index (χ4v) is 2.02. The summed E-state index contributed by atoms with van der Waals surface area (Å²) < 4.78 is 35.9. The fraction of sp³-hybridized carbons (Fsp3) is 0.429. The number of rotatable bonds is 6. The van der Waals surface area contributed by atoms with Crippen molar-refractivity contribution in [3.05, 3.63) is 30.1 Å². The molecule has 0 radical (unpaired) electrons. The van der Waals surface area contributed by atoms with Crippen LogP contribution < -0.4 is 0 Å². The number of carbonyl (C=O) groups is 1. The van der Waals surface area contributed by atoms with Crippen LogP contribution in [-0.4, -0.2) is 21.9 Å². The minimum absolute atomic E-state index is 0.262. The van der Waals surface area contributed by atoms with E-state index in [1.807, 2.05) is 24.3 Å². The van der Waals surface area contributed by atoms with Crippen molar-refractivity contribution in [2.75, 3.05) is 0 Å². The summed E-state index contributed by atoms with van der Waals surface area (Å²) in [4.78, 5) is 18.2. The molecule has 6 heteroatoms. The summed E-state index contributed by atoms with van der Waals surface area (Å²) in [6.45, 7) is 0. The van der Waals surface area contributed by atoms with E-state index in [2.05, 4.69) is 9.97 Å². The van der Waals surface area contributed by atoms with Crippen molar-refractivity contribution in [1.82, 2.24) is 9.97 Å². The molecule has 0 amide bonds. The van der Waals surface area contributed by atoms with E-state index in [0.29, 0.717) is 19.3 Å². The van der Waals surface area contributed by atoms with Gasteiger partial charge in [0.25, 0.3) is 0 Å². The summed E-state index contributed by atoms with van der Waals surface area (Å²) in [6, 6.07) is 7.63. The van der Waals surface area contributed by atoms with Crippen LogP contribution in [0.25, 0.3) is 11.0 Å². The number of nitrogens with zero attached hydrogens (tertiary/aromatic N) is 1. The molecule has 108 valence electrons. The summed E-state index contributed by atoms with van der Waals surface area (Å²) in [7, 11) is 0. The van der Waals surface area contributed by atoms with Gasteiger partial charge in [-0.15, -0.1) is 0 Å². The van der Waals surface area contributed by atoms with Crippen LogP contribution in [0.3, 0.4) is 0 Å². The van der Waals surface area contributed by atoms with Crippen LogP contribution >= 0.6 is 0 Å². The van der Waals surface area contributed by atoms with Crippen LogP contribution in [0.2, 0.25) is 0 Å². The molecule has 20 heavy (non-hydrogen) atoms. The van der Waals surface area contributed by atoms with Gasteiger partial charge in [0.15, 0.2) is 0 Å². The van der Waals surface area contributed by atoms with E-state index >= 15 is 0 Å². The number of H-pyrrole nitrogens is 1. The Labute approximate surface area is 114 Å². The number of hydrogen-bond donors (Lipinski definition) is 1. The third-order valence-electron chi connectivity index (χ3n) is 3.07. The number of ketones is 1. The number of para-hydroxylation sites is 2. The summed E-state index contributed by atoms with van der Waals surface area (Å²) in [6.07, 6.45) is -2.89. The Bertz CT molecular complexity index is 556. The molecule has 0 aliphatic carbocycles. The van der Waals surface area contributed by atoms with Gasteiger partial charge in [0.05, 0.1) is 11.0 Å². The summed E-state index contributed by atoms with van der Waals surface area (Å²) in [5.41, 5.74) is 1.84. The highest BCUT2D eigenvalue weighted by Gasteiger charge is 2.36. The van der Waals surface area contributed by atoms with Gasteiger partial charge in [-0.3, -0.25) is 4.79 Å². The Morgan fingerprint density at radius 3 is 2.60 bits per heavy atom. The smallest absolute Gasteiger partial charge is 0.342 e. The Morgan fingerprint density at radius 1 is 1.15 bits per heavy atom. The van der Waals surface area contributed by atoms with Crippen molar-refractivity contribution in [1.29, 1.82) is 0 Å². The van der Waals surface area contributed by atoms with Crippen molar-refractivity contribution in [2.24, 2.45) is 0 Å². The first-order valence-electron chi connectivity index (χ1n) is 6.50. The van der Waals surface area contributed by atoms with Gasteiger partial charge in [0, 0.05) is 12.8 Å². The standard InChI is InChI=1S/C14H15F3N2O/c15-14(16,17)12(20)8-2-1-3-9-13-18-10-6-4-5-7-11(10)19-13/h4-7H,1-3,8-9H2,(H,18,19). The molecular formula is C14H15F3N2O. The molecule has 0 aliphatic heterocycles. The number of fused-ring (bicyclic) bond motifs is 1. The topological polar surface area (TPSA) is 45.8 Å². The van der Waals surface area contributed by atoms with E-state index in [9.17, 15) is 18.0 Å². The zero-order chi connectivity index (χ0) is 14.6. The van der Waals surface area contributed by atoms with Gasteiger partial charge in [-0.25, -0.2) is 4.98 Å². The molecule has 1 heterocycles. The van der Waals surface area contributed by atoms with E-state index in [1.54, 1.807) is 0 Å². The van der Waals surface area contributed by atoms with Crippen molar-refractivity contribution < 1.29 is 18.0 Å². The maximum absolute atomic E-state index is 12.0. The number of benzene rings is 1. The highest BCUT2D eigenvalue weighted by Crippen LogP contribution is 2.20. The van der Waals surface area contributed by atoms with Gasteiger partial charge in [0.1, 0.15) is 5.82 Å². The van der Waals surface area contributed by atoms with Gasteiger partial charge in [-0.1, -0.05) is 18.6 Å². The van der Waals surface area contributed by atoms with E-state index in [0.717, 1.165) is 16.9 Å². The van der Waals surface area contributed by atoms with Gasteiger partial charge in [-0.2, -0.15) is 13.2 Å². The molecule has 1 aromatic heterocycles. The minimum atomic E-state index is -4.70. The number of Topliss-reactive ketones (excluding diaryl/α,β-unsaturated/α-hetero) is 1. The number of hydrogen-bond acceptors (Lipinski definition) is 2. The molecule has 0 bridgehead atoms. The third-order valence-corrected chi connectivity index (χ3v) is 3.07. The number of aryl methyl sites for hydroxylation is 1. The predicted molar refractivity (Wildman–Crippen MR) is 69.3 cm³/mol. The van der Waals surface area contributed by atoms with Crippen molar-refractivity contribution in [2.45, 2.75) is 38.3 Å². The Morgan fingerprint density at radius 2 is 1.90 bits per heavy atom. The van der Waals surface area contributed by atoms with E-state index in [4.69, 9.17) is 0 Å². The number of aromatic amines is 1. The zero-order valence-corrected chi connectivity index (χ0v) is 10.8. The van der Waals surface area contributed by atoms with Crippen LogP contribution in [0, 0.1) is 0 Å². The second-order valence-corrected chi connectivity index (χ2v) is 4.68. The summed E-state index contributed by atoms with van der Waals surface area (Å²) >= 11 is 0. The monoisotopic (exact) mass is 284 g/mol. The first-order valence-corrected chi connectivity index (χ1v) is 6.50. The molecule has 0 saturated carbocycles. The predicted octanol–water partition coefficient (Wildman–Crippen LogP) is 3.80. The van der Waals surface area contributed by atoms with E-state index < -0.39 is 18.4 Å². The van der Waals surface area contributed by atoms with E-state index in [1.165, 1.54) is 0 Å². The zero-order valence-electron chi connectivity index (χ0n) is 10.8. The quantitative estimate of drug-likeness (QED) is 0.820. The van der Waals surface area contributed by atoms with Crippen molar-refractivity contribution in [3.8, 4) is 0 Å². The number of aromatic nitrogens is 2. The molecular weight excluding hydrogens is 269 g/mol. The highest BCUT2D eigenvalue weighted by atomic mass is 19.4. The average Bonchev–Trinajstić information content (AvgIpc) is 2.79. The second kappa shape index (κ2) is 6.07. The molecule has 0 atom stereocenters. The lowest BCUT2D eigenvalue weighted by Crippen LogP contribution is -2.22. The minimum Gasteiger partial charge on any atom is -0.342 e. The first-order chi connectivity index (χ1) is 9.47. The number of unbranched alkanes of at least 4 members (excludes halogenated alkanes) is 2. The number of carbonyl (C=O) groups excluding carboxylic acids is 1. The second-order valence-electron chi connectivity index (χ2n) is 4.68. The molecule has 0 fully saturated rings. The first kappa shape index (κ1) is 14.6. The van der Waals surface area contributed by atoms with Gasteiger partial charge < -0.3 is 4.98 Å². The molecule has 1 aromatic carbocycles. The third kappa shape index (κ3) is 3.82. The number of nitrogens with one attached hydrogen (secondary N) is 1. The van der Waals surface area contributed by atoms with Gasteiger partial charge >= 0.3 is 6.18 Å².